The van der Waals surface area contributed by atoms with E-state index in [4.69, 9.17) is 4.74 Å². The van der Waals surface area contributed by atoms with E-state index in [1.165, 1.54) is 0 Å². The fourth-order valence-corrected chi connectivity index (χ4v) is 2.51. The molecular formula is C17H26N2O3. The Morgan fingerprint density at radius 1 is 1.23 bits per heavy atom. The van der Waals surface area contributed by atoms with Gasteiger partial charge in [-0.2, -0.15) is 0 Å². The van der Waals surface area contributed by atoms with E-state index in [0.717, 1.165) is 26.2 Å². The average Bonchev–Trinajstić information content (AvgIpc) is 2.55. The van der Waals surface area contributed by atoms with Crippen LogP contribution in [0.4, 0.5) is 0 Å². The predicted molar refractivity (Wildman–Crippen MR) is 86.5 cm³/mol. The van der Waals surface area contributed by atoms with Crippen molar-refractivity contribution in [2.24, 2.45) is 0 Å². The summed E-state index contributed by atoms with van der Waals surface area (Å²) >= 11 is 0. The molecule has 22 heavy (non-hydrogen) atoms. The summed E-state index contributed by atoms with van der Waals surface area (Å²) < 4.78 is 5.60. The van der Waals surface area contributed by atoms with Gasteiger partial charge in [-0.15, -0.1) is 0 Å². The van der Waals surface area contributed by atoms with E-state index in [2.05, 4.69) is 16.8 Å². The van der Waals surface area contributed by atoms with Crippen molar-refractivity contribution in [3.05, 3.63) is 29.8 Å². The molecule has 5 nitrogen and oxygen atoms in total. The normalized spacial score (nSPS) is 18.1. The topological polar surface area (TPSA) is 53.0 Å². The van der Waals surface area contributed by atoms with Gasteiger partial charge in [-0.25, -0.2) is 0 Å². The van der Waals surface area contributed by atoms with Crippen molar-refractivity contribution >= 4 is 5.78 Å². The molecule has 1 aromatic carbocycles. The first-order chi connectivity index (χ1) is 10.6. The highest BCUT2D eigenvalue weighted by molar-refractivity contribution is 5.95. The van der Waals surface area contributed by atoms with E-state index >= 15 is 0 Å². The number of carbonyl (C=O) groups is 1. The predicted octanol–water partition coefficient (Wildman–Crippen LogP) is 1.27. The standard InChI is InChI=1S/C17H26N2O3/c1-3-17(21)14-4-6-16(7-5-14)22-13-15(20)12-19-10-8-18(2)9-11-19/h4-7,15,20H,3,8-13H2,1-2H3/t15-/m1/s1. The zero-order chi connectivity index (χ0) is 15.9. The number of β-amino-alcohol motifs (C(OH)–C–C–N with tert-alkyl or cyclic N) is 1. The Hall–Kier alpha value is -1.43. The Labute approximate surface area is 132 Å². The van der Waals surface area contributed by atoms with Crippen molar-refractivity contribution in [3.8, 4) is 5.75 Å². The molecule has 1 aliphatic heterocycles. The van der Waals surface area contributed by atoms with Crippen molar-refractivity contribution < 1.29 is 14.6 Å². The van der Waals surface area contributed by atoms with Crippen LogP contribution in [0.3, 0.4) is 0 Å². The summed E-state index contributed by atoms with van der Waals surface area (Å²) in [5.74, 6) is 0.812. The van der Waals surface area contributed by atoms with E-state index < -0.39 is 6.10 Å². The Balaban J connectivity index is 1.74. The van der Waals surface area contributed by atoms with Gasteiger partial charge in [0.15, 0.2) is 5.78 Å². The maximum atomic E-state index is 11.5. The first-order valence-corrected chi connectivity index (χ1v) is 7.93. The molecule has 122 valence electrons. The molecule has 1 aliphatic rings. The van der Waals surface area contributed by atoms with Gasteiger partial charge in [-0.1, -0.05) is 6.92 Å². The average molecular weight is 306 g/mol. The number of hydrogen-bond donors (Lipinski definition) is 1. The maximum Gasteiger partial charge on any atom is 0.162 e. The van der Waals surface area contributed by atoms with Crippen molar-refractivity contribution in [3.63, 3.8) is 0 Å². The summed E-state index contributed by atoms with van der Waals surface area (Å²) in [6, 6.07) is 7.11. The number of ketones is 1. The number of aliphatic hydroxyl groups is 1. The second kappa shape index (κ2) is 8.27. The van der Waals surface area contributed by atoms with Crippen LogP contribution in [0, 0.1) is 0 Å². The van der Waals surface area contributed by atoms with Gasteiger partial charge in [0.05, 0.1) is 0 Å². The largest absolute Gasteiger partial charge is 0.491 e. The molecule has 0 spiro atoms. The number of carbonyl (C=O) groups excluding carboxylic acids is 1. The molecule has 0 saturated carbocycles. The van der Waals surface area contributed by atoms with Gasteiger partial charge in [-0.05, 0) is 31.3 Å². The van der Waals surface area contributed by atoms with E-state index in [-0.39, 0.29) is 12.4 Å². The highest BCUT2D eigenvalue weighted by Gasteiger charge is 2.17. The van der Waals surface area contributed by atoms with Crippen LogP contribution in [0.15, 0.2) is 24.3 Å². The molecule has 2 rings (SSSR count). The molecule has 1 heterocycles. The van der Waals surface area contributed by atoms with E-state index in [1.54, 1.807) is 24.3 Å². The number of Topliss-reactive ketones (excluding diaryl/α,β-unsaturated/α-hetero) is 1. The van der Waals surface area contributed by atoms with Crippen LogP contribution in [0.25, 0.3) is 0 Å². The molecule has 1 aromatic rings. The van der Waals surface area contributed by atoms with Crippen LogP contribution in [-0.2, 0) is 0 Å². The number of hydrogen-bond acceptors (Lipinski definition) is 5. The van der Waals surface area contributed by atoms with E-state index in [1.807, 2.05) is 6.92 Å². The monoisotopic (exact) mass is 306 g/mol. The minimum atomic E-state index is -0.500. The first-order valence-electron chi connectivity index (χ1n) is 7.93. The van der Waals surface area contributed by atoms with E-state index in [9.17, 15) is 9.90 Å². The van der Waals surface area contributed by atoms with Crippen LogP contribution in [-0.4, -0.2) is 73.2 Å². The maximum absolute atomic E-state index is 11.5. The quantitative estimate of drug-likeness (QED) is 0.769. The van der Waals surface area contributed by atoms with E-state index in [0.29, 0.717) is 24.3 Å². The van der Waals surface area contributed by atoms with Crippen LogP contribution in [0.5, 0.6) is 5.75 Å². The SMILES string of the molecule is CCC(=O)c1ccc(OC[C@H](O)CN2CCN(C)CC2)cc1. The molecule has 0 amide bonds. The number of rotatable bonds is 7. The molecule has 1 atom stereocenters. The number of ether oxygens (including phenoxy) is 1. The Kier molecular flexibility index (Phi) is 6.36. The highest BCUT2D eigenvalue weighted by atomic mass is 16.5. The Morgan fingerprint density at radius 3 is 2.45 bits per heavy atom. The van der Waals surface area contributed by atoms with Crippen molar-refractivity contribution in [1.29, 1.82) is 0 Å². The summed E-state index contributed by atoms with van der Waals surface area (Å²) in [6.07, 6.45) is 0.00424. The molecule has 0 aliphatic carbocycles. The third kappa shape index (κ3) is 5.09. The van der Waals surface area contributed by atoms with Crippen molar-refractivity contribution in [2.75, 3.05) is 46.4 Å². The van der Waals surface area contributed by atoms with Crippen LogP contribution in [0.2, 0.25) is 0 Å². The van der Waals surface area contributed by atoms with Gasteiger partial charge in [-0.3, -0.25) is 9.69 Å². The minimum Gasteiger partial charge on any atom is -0.491 e. The van der Waals surface area contributed by atoms with Crippen LogP contribution in [0.1, 0.15) is 23.7 Å². The zero-order valence-corrected chi connectivity index (χ0v) is 13.5. The summed E-state index contributed by atoms with van der Waals surface area (Å²) in [7, 11) is 2.11. The summed E-state index contributed by atoms with van der Waals surface area (Å²) in [4.78, 5) is 16.1. The third-order valence-electron chi connectivity index (χ3n) is 4.00. The molecule has 0 radical (unpaired) electrons. The molecule has 1 fully saturated rings. The highest BCUT2D eigenvalue weighted by Crippen LogP contribution is 2.14. The molecule has 0 unspecified atom stereocenters. The molecule has 5 heteroatoms. The van der Waals surface area contributed by atoms with Crippen LogP contribution < -0.4 is 4.74 Å². The lowest BCUT2D eigenvalue weighted by Crippen LogP contribution is -2.47. The fourth-order valence-electron chi connectivity index (χ4n) is 2.51. The van der Waals surface area contributed by atoms with Gasteiger partial charge in [0.2, 0.25) is 0 Å². The second-order valence-corrected chi connectivity index (χ2v) is 5.87. The molecule has 1 saturated heterocycles. The number of nitrogens with zero attached hydrogens (tertiary/aromatic N) is 2. The lowest BCUT2D eigenvalue weighted by atomic mass is 10.1. The number of benzene rings is 1. The summed E-state index contributed by atoms with van der Waals surface area (Å²) in [5, 5.41) is 10.1. The molecule has 0 aromatic heterocycles. The van der Waals surface area contributed by atoms with Gasteiger partial charge in [0, 0.05) is 44.7 Å². The zero-order valence-electron chi connectivity index (χ0n) is 13.5. The van der Waals surface area contributed by atoms with Gasteiger partial charge in [0.25, 0.3) is 0 Å². The smallest absolute Gasteiger partial charge is 0.162 e. The molecule has 0 bridgehead atoms. The van der Waals surface area contributed by atoms with Gasteiger partial charge < -0.3 is 14.7 Å². The lowest BCUT2D eigenvalue weighted by Gasteiger charge is -2.33. The third-order valence-corrected chi connectivity index (χ3v) is 4.00. The number of aliphatic hydroxyl groups excluding tert-OH is 1. The van der Waals surface area contributed by atoms with Crippen LogP contribution >= 0.6 is 0 Å². The van der Waals surface area contributed by atoms with Gasteiger partial charge in [0.1, 0.15) is 18.5 Å². The Morgan fingerprint density at radius 2 is 1.86 bits per heavy atom. The van der Waals surface area contributed by atoms with Crippen molar-refractivity contribution in [2.45, 2.75) is 19.4 Å². The minimum absolute atomic E-state index is 0.127. The Bertz CT molecular complexity index is 467. The number of piperazine rings is 1. The summed E-state index contributed by atoms with van der Waals surface area (Å²) in [5.41, 5.74) is 0.702. The second-order valence-electron chi connectivity index (χ2n) is 5.87. The summed E-state index contributed by atoms with van der Waals surface area (Å²) in [6.45, 7) is 6.82. The molecular weight excluding hydrogens is 280 g/mol. The first kappa shape index (κ1) is 16.9. The van der Waals surface area contributed by atoms with Gasteiger partial charge >= 0.3 is 0 Å². The lowest BCUT2D eigenvalue weighted by molar-refractivity contribution is 0.0504. The fraction of sp³-hybridized carbons (Fsp3) is 0.588. The van der Waals surface area contributed by atoms with Crippen molar-refractivity contribution in [1.82, 2.24) is 9.80 Å². The number of likely N-dealkylation sites (N-methyl/N-ethyl adjacent to an activating group) is 1. The molecule has 1 N–H and O–H groups in total.